The number of aromatic nitrogens is 1. The third-order valence-corrected chi connectivity index (χ3v) is 5.70. The van der Waals surface area contributed by atoms with E-state index in [1.54, 1.807) is 0 Å². The fourth-order valence-electron chi connectivity index (χ4n) is 3.42. The van der Waals surface area contributed by atoms with Gasteiger partial charge in [-0.25, -0.2) is 4.98 Å². The molecule has 1 aromatic heterocycles. The molecule has 1 aliphatic heterocycles. The minimum absolute atomic E-state index is 0.754. The molecule has 0 unspecified atom stereocenters. The number of aryl methyl sites for hydroxylation is 1. The number of rotatable bonds is 6. The van der Waals surface area contributed by atoms with Crippen LogP contribution in [0.4, 0.5) is 0 Å². The summed E-state index contributed by atoms with van der Waals surface area (Å²) in [6.45, 7) is 6.85. The SMILES string of the molecule is CCc1nc(CN2CCCC2)sc1CNC1CCCC1. The molecule has 112 valence electrons. The second-order valence-electron chi connectivity index (χ2n) is 6.18. The maximum atomic E-state index is 4.87. The number of likely N-dealkylation sites (tertiary alicyclic amines) is 1. The zero-order valence-corrected chi connectivity index (χ0v) is 13.5. The summed E-state index contributed by atoms with van der Waals surface area (Å²) < 4.78 is 0. The van der Waals surface area contributed by atoms with Crippen molar-refractivity contribution in [2.24, 2.45) is 0 Å². The molecule has 1 saturated carbocycles. The highest BCUT2D eigenvalue weighted by molar-refractivity contribution is 7.11. The fourth-order valence-corrected chi connectivity index (χ4v) is 4.57. The van der Waals surface area contributed by atoms with Crippen LogP contribution in [0.15, 0.2) is 0 Å². The molecule has 0 spiro atoms. The van der Waals surface area contributed by atoms with Crippen molar-refractivity contribution < 1.29 is 0 Å². The predicted molar refractivity (Wildman–Crippen MR) is 85.1 cm³/mol. The second-order valence-corrected chi connectivity index (χ2v) is 7.34. The molecule has 0 atom stereocenters. The van der Waals surface area contributed by atoms with Gasteiger partial charge in [0, 0.05) is 17.5 Å². The summed E-state index contributed by atoms with van der Waals surface area (Å²) >= 11 is 1.94. The summed E-state index contributed by atoms with van der Waals surface area (Å²) in [6, 6.07) is 0.754. The van der Waals surface area contributed by atoms with Crippen LogP contribution >= 0.6 is 11.3 Å². The molecule has 0 radical (unpaired) electrons. The Kier molecular flexibility index (Phi) is 5.08. The van der Waals surface area contributed by atoms with Crippen LogP contribution in [0.3, 0.4) is 0 Å². The van der Waals surface area contributed by atoms with Crippen molar-refractivity contribution in [3.8, 4) is 0 Å². The van der Waals surface area contributed by atoms with Crippen LogP contribution in [-0.2, 0) is 19.5 Å². The molecule has 2 fully saturated rings. The van der Waals surface area contributed by atoms with Crippen LogP contribution < -0.4 is 5.32 Å². The summed E-state index contributed by atoms with van der Waals surface area (Å²) in [5, 5.41) is 5.06. The van der Waals surface area contributed by atoms with Gasteiger partial charge in [-0.2, -0.15) is 0 Å². The van der Waals surface area contributed by atoms with E-state index in [0.717, 1.165) is 25.6 Å². The van der Waals surface area contributed by atoms with E-state index in [0.29, 0.717) is 0 Å². The summed E-state index contributed by atoms with van der Waals surface area (Å²) in [6.07, 6.45) is 9.33. The third-order valence-electron chi connectivity index (χ3n) is 4.62. The first-order valence-electron chi connectivity index (χ1n) is 8.28. The zero-order valence-electron chi connectivity index (χ0n) is 12.7. The van der Waals surface area contributed by atoms with Gasteiger partial charge in [0.2, 0.25) is 0 Å². The number of nitrogens with one attached hydrogen (secondary N) is 1. The van der Waals surface area contributed by atoms with Crippen LogP contribution in [0.5, 0.6) is 0 Å². The average Bonchev–Trinajstić information content (AvgIpc) is 3.18. The smallest absolute Gasteiger partial charge is 0.107 e. The maximum Gasteiger partial charge on any atom is 0.107 e. The van der Waals surface area contributed by atoms with Gasteiger partial charge in [-0.3, -0.25) is 4.90 Å². The number of hydrogen-bond donors (Lipinski definition) is 1. The lowest BCUT2D eigenvalue weighted by molar-refractivity contribution is 0.330. The predicted octanol–water partition coefficient (Wildman–Crippen LogP) is 3.33. The molecule has 1 aliphatic carbocycles. The molecular weight excluding hydrogens is 266 g/mol. The topological polar surface area (TPSA) is 28.2 Å². The van der Waals surface area contributed by atoms with E-state index in [1.165, 1.54) is 67.2 Å². The van der Waals surface area contributed by atoms with Crippen LogP contribution in [-0.4, -0.2) is 29.0 Å². The molecule has 0 amide bonds. The average molecular weight is 293 g/mol. The molecule has 0 aromatic carbocycles. The first-order chi connectivity index (χ1) is 9.85. The van der Waals surface area contributed by atoms with Gasteiger partial charge in [0.05, 0.1) is 12.2 Å². The molecular formula is C16H27N3S. The van der Waals surface area contributed by atoms with E-state index >= 15 is 0 Å². The van der Waals surface area contributed by atoms with Crippen molar-refractivity contribution in [1.29, 1.82) is 0 Å². The summed E-state index contributed by atoms with van der Waals surface area (Å²) in [7, 11) is 0. The Hall–Kier alpha value is -0.450. The third kappa shape index (κ3) is 3.60. The molecule has 1 saturated heterocycles. The van der Waals surface area contributed by atoms with Gasteiger partial charge >= 0.3 is 0 Å². The van der Waals surface area contributed by atoms with Crippen molar-refractivity contribution in [2.45, 2.75) is 71.0 Å². The molecule has 2 heterocycles. The zero-order chi connectivity index (χ0) is 13.8. The van der Waals surface area contributed by atoms with E-state index in [2.05, 4.69) is 17.1 Å². The monoisotopic (exact) mass is 293 g/mol. The van der Waals surface area contributed by atoms with Gasteiger partial charge in [-0.15, -0.1) is 11.3 Å². The maximum absolute atomic E-state index is 4.87. The summed E-state index contributed by atoms with van der Waals surface area (Å²) in [5.41, 5.74) is 1.33. The van der Waals surface area contributed by atoms with Gasteiger partial charge < -0.3 is 5.32 Å². The quantitative estimate of drug-likeness (QED) is 0.872. The minimum Gasteiger partial charge on any atom is -0.309 e. The van der Waals surface area contributed by atoms with Gasteiger partial charge in [-0.05, 0) is 45.2 Å². The first-order valence-corrected chi connectivity index (χ1v) is 9.10. The Morgan fingerprint density at radius 3 is 2.65 bits per heavy atom. The van der Waals surface area contributed by atoms with Crippen molar-refractivity contribution in [3.63, 3.8) is 0 Å². The molecule has 1 aromatic rings. The Labute approximate surface area is 126 Å². The van der Waals surface area contributed by atoms with Crippen LogP contribution in [0.25, 0.3) is 0 Å². The molecule has 3 nitrogen and oxygen atoms in total. The Morgan fingerprint density at radius 1 is 1.20 bits per heavy atom. The Bertz CT molecular complexity index is 417. The lowest BCUT2D eigenvalue weighted by Crippen LogP contribution is -2.25. The minimum atomic E-state index is 0.754. The highest BCUT2D eigenvalue weighted by Crippen LogP contribution is 2.24. The fraction of sp³-hybridized carbons (Fsp3) is 0.812. The van der Waals surface area contributed by atoms with E-state index < -0.39 is 0 Å². The van der Waals surface area contributed by atoms with Crippen molar-refractivity contribution in [3.05, 3.63) is 15.6 Å². The van der Waals surface area contributed by atoms with Crippen molar-refractivity contribution in [1.82, 2.24) is 15.2 Å². The molecule has 3 rings (SSSR count). The lowest BCUT2D eigenvalue weighted by atomic mass is 10.2. The van der Waals surface area contributed by atoms with E-state index in [4.69, 9.17) is 4.98 Å². The normalized spacial score (nSPS) is 21.1. The second kappa shape index (κ2) is 7.01. The van der Waals surface area contributed by atoms with E-state index in [9.17, 15) is 0 Å². The number of nitrogens with zero attached hydrogens (tertiary/aromatic N) is 2. The van der Waals surface area contributed by atoms with E-state index in [-0.39, 0.29) is 0 Å². The Morgan fingerprint density at radius 2 is 1.95 bits per heavy atom. The van der Waals surface area contributed by atoms with E-state index in [1.807, 2.05) is 11.3 Å². The van der Waals surface area contributed by atoms with Crippen molar-refractivity contribution >= 4 is 11.3 Å². The molecule has 0 bridgehead atoms. The number of hydrogen-bond acceptors (Lipinski definition) is 4. The van der Waals surface area contributed by atoms with Crippen LogP contribution in [0, 0.1) is 0 Å². The highest BCUT2D eigenvalue weighted by Gasteiger charge is 2.18. The molecule has 1 N–H and O–H groups in total. The summed E-state index contributed by atoms with van der Waals surface area (Å²) in [4.78, 5) is 8.90. The summed E-state index contributed by atoms with van der Waals surface area (Å²) in [5.74, 6) is 0. The standard InChI is InChI=1S/C16H27N3S/c1-2-14-15(11-17-13-7-3-4-8-13)20-16(18-14)12-19-9-5-6-10-19/h13,17H,2-12H2,1H3. The molecule has 20 heavy (non-hydrogen) atoms. The molecule has 4 heteroatoms. The molecule has 2 aliphatic rings. The highest BCUT2D eigenvalue weighted by atomic mass is 32.1. The van der Waals surface area contributed by atoms with Crippen molar-refractivity contribution in [2.75, 3.05) is 13.1 Å². The van der Waals surface area contributed by atoms with Crippen LogP contribution in [0.2, 0.25) is 0 Å². The van der Waals surface area contributed by atoms with Gasteiger partial charge in [0.25, 0.3) is 0 Å². The first kappa shape index (κ1) is 14.5. The van der Waals surface area contributed by atoms with Gasteiger partial charge in [0.1, 0.15) is 5.01 Å². The largest absolute Gasteiger partial charge is 0.309 e. The number of thiazole rings is 1. The van der Waals surface area contributed by atoms with Gasteiger partial charge in [-0.1, -0.05) is 19.8 Å². The van der Waals surface area contributed by atoms with Crippen LogP contribution in [0.1, 0.15) is 61.0 Å². The van der Waals surface area contributed by atoms with Gasteiger partial charge in [0.15, 0.2) is 0 Å². The Balaban J connectivity index is 1.58. The lowest BCUT2D eigenvalue weighted by Gasteiger charge is -2.11.